The number of aromatic nitrogens is 2. The van der Waals surface area contributed by atoms with Gasteiger partial charge in [0.1, 0.15) is 5.82 Å². The molecule has 0 amide bonds. The van der Waals surface area contributed by atoms with Crippen LogP contribution in [0.2, 0.25) is 0 Å². The lowest BCUT2D eigenvalue weighted by Gasteiger charge is -2.06. The molecule has 1 heterocycles. The van der Waals surface area contributed by atoms with Crippen molar-refractivity contribution >= 4 is 0 Å². The summed E-state index contributed by atoms with van der Waals surface area (Å²) in [6.07, 6.45) is 11.2. The largest absolute Gasteiger partial charge is 0.334 e. The first-order valence-corrected chi connectivity index (χ1v) is 5.02. The van der Waals surface area contributed by atoms with Crippen molar-refractivity contribution < 1.29 is 0 Å². The summed E-state index contributed by atoms with van der Waals surface area (Å²) in [6.45, 7) is 4.64. The van der Waals surface area contributed by atoms with Crippen molar-refractivity contribution in [3.05, 3.63) is 18.2 Å². The number of nitrogens with one attached hydrogen (secondary N) is 1. The van der Waals surface area contributed by atoms with Crippen LogP contribution in [0.1, 0.15) is 19.2 Å². The quantitative estimate of drug-likeness (QED) is 0.538. The molecule has 0 aliphatic rings. The first-order valence-electron chi connectivity index (χ1n) is 5.02. The van der Waals surface area contributed by atoms with Crippen LogP contribution in [0, 0.1) is 12.3 Å². The Balaban J connectivity index is 2.34. The Labute approximate surface area is 85.5 Å². The molecule has 76 valence electrons. The summed E-state index contributed by atoms with van der Waals surface area (Å²) in [5.74, 6) is 3.71. The molecule has 1 N–H and O–H groups in total. The highest BCUT2D eigenvalue weighted by atomic mass is 15.1. The van der Waals surface area contributed by atoms with Crippen molar-refractivity contribution in [2.45, 2.75) is 26.3 Å². The van der Waals surface area contributed by atoms with Gasteiger partial charge >= 0.3 is 0 Å². The van der Waals surface area contributed by atoms with Crippen molar-refractivity contribution in [2.75, 3.05) is 13.1 Å². The van der Waals surface area contributed by atoms with Crippen molar-refractivity contribution in [3.63, 3.8) is 0 Å². The lowest BCUT2D eigenvalue weighted by molar-refractivity contribution is 0.599. The summed E-state index contributed by atoms with van der Waals surface area (Å²) in [6, 6.07) is 0. The highest BCUT2D eigenvalue weighted by Gasteiger charge is 1.99. The Bertz CT molecular complexity index is 296. The zero-order chi connectivity index (χ0) is 10.2. The zero-order valence-electron chi connectivity index (χ0n) is 8.66. The van der Waals surface area contributed by atoms with Crippen molar-refractivity contribution in [3.8, 4) is 12.3 Å². The molecule has 0 radical (unpaired) electrons. The van der Waals surface area contributed by atoms with Crippen LogP contribution in [0.25, 0.3) is 0 Å². The molecule has 1 aromatic heterocycles. The molecule has 1 rings (SSSR count). The highest BCUT2D eigenvalue weighted by molar-refractivity contribution is 4.92. The topological polar surface area (TPSA) is 29.9 Å². The van der Waals surface area contributed by atoms with E-state index in [1.807, 2.05) is 12.4 Å². The Kier molecular flexibility index (Phi) is 4.81. The molecule has 3 nitrogen and oxygen atoms in total. The van der Waals surface area contributed by atoms with Gasteiger partial charge in [0.2, 0.25) is 0 Å². The maximum atomic E-state index is 5.13. The first-order chi connectivity index (χ1) is 6.88. The maximum Gasteiger partial charge on any atom is 0.108 e. The van der Waals surface area contributed by atoms with E-state index in [1.165, 1.54) is 0 Å². The normalized spacial score (nSPS) is 10.0. The lowest BCUT2D eigenvalue weighted by atomic mass is 10.3. The SMILES string of the molecule is C#CCNCCn1ccnc1CCC. The third-order valence-electron chi connectivity index (χ3n) is 2.03. The monoisotopic (exact) mass is 191 g/mol. The molecule has 0 saturated heterocycles. The van der Waals surface area contributed by atoms with E-state index in [-0.39, 0.29) is 0 Å². The highest BCUT2D eigenvalue weighted by Crippen LogP contribution is 2.00. The standard InChI is InChI=1S/C11H17N3/c1-3-5-11-13-8-10-14(11)9-7-12-6-4-2/h2,8,10,12H,3,5-7,9H2,1H3. The van der Waals surface area contributed by atoms with E-state index in [0.717, 1.165) is 31.8 Å². The van der Waals surface area contributed by atoms with Gasteiger partial charge in [0.15, 0.2) is 0 Å². The van der Waals surface area contributed by atoms with Gasteiger partial charge in [0.05, 0.1) is 6.54 Å². The summed E-state index contributed by atoms with van der Waals surface area (Å²) in [4.78, 5) is 4.30. The molecule has 0 aromatic carbocycles. The number of nitrogens with zero attached hydrogens (tertiary/aromatic N) is 2. The molecule has 14 heavy (non-hydrogen) atoms. The number of imidazole rings is 1. The van der Waals surface area contributed by atoms with Crippen LogP contribution in [0.5, 0.6) is 0 Å². The van der Waals surface area contributed by atoms with E-state index < -0.39 is 0 Å². The fourth-order valence-electron chi connectivity index (χ4n) is 1.36. The number of terminal acetylenes is 1. The van der Waals surface area contributed by atoms with Crippen LogP contribution in [-0.2, 0) is 13.0 Å². The van der Waals surface area contributed by atoms with Gasteiger partial charge in [-0.1, -0.05) is 12.8 Å². The predicted molar refractivity (Wildman–Crippen MR) is 57.9 cm³/mol. The maximum absolute atomic E-state index is 5.13. The van der Waals surface area contributed by atoms with Gasteiger partial charge in [-0.15, -0.1) is 6.42 Å². The smallest absolute Gasteiger partial charge is 0.108 e. The molecular weight excluding hydrogens is 174 g/mol. The van der Waals surface area contributed by atoms with Gasteiger partial charge in [0.25, 0.3) is 0 Å². The number of aryl methyl sites for hydroxylation is 1. The first kappa shape index (κ1) is 10.8. The molecule has 0 unspecified atom stereocenters. The molecule has 1 aromatic rings. The van der Waals surface area contributed by atoms with Crippen molar-refractivity contribution in [1.29, 1.82) is 0 Å². The predicted octanol–water partition coefficient (Wildman–Crippen LogP) is 1.06. The Morgan fingerprint density at radius 2 is 2.50 bits per heavy atom. The van der Waals surface area contributed by atoms with Gasteiger partial charge in [-0.05, 0) is 6.42 Å². The Morgan fingerprint density at radius 3 is 3.21 bits per heavy atom. The van der Waals surface area contributed by atoms with Crippen LogP contribution in [0.15, 0.2) is 12.4 Å². The minimum absolute atomic E-state index is 0.637. The molecule has 0 spiro atoms. The van der Waals surface area contributed by atoms with E-state index >= 15 is 0 Å². The lowest BCUT2D eigenvalue weighted by Crippen LogP contribution is -2.20. The van der Waals surface area contributed by atoms with Crippen LogP contribution < -0.4 is 5.32 Å². The fraction of sp³-hybridized carbons (Fsp3) is 0.545. The number of hydrogen-bond acceptors (Lipinski definition) is 2. The number of hydrogen-bond donors (Lipinski definition) is 1. The second-order valence-electron chi connectivity index (χ2n) is 3.17. The number of rotatable bonds is 6. The summed E-state index contributed by atoms with van der Waals surface area (Å²) in [7, 11) is 0. The van der Waals surface area contributed by atoms with Gasteiger partial charge < -0.3 is 9.88 Å². The summed E-state index contributed by atoms with van der Waals surface area (Å²) < 4.78 is 2.17. The molecule has 0 aliphatic heterocycles. The zero-order valence-corrected chi connectivity index (χ0v) is 8.66. The average molecular weight is 191 g/mol. The Morgan fingerprint density at radius 1 is 1.64 bits per heavy atom. The average Bonchev–Trinajstić information content (AvgIpc) is 2.61. The van der Waals surface area contributed by atoms with Gasteiger partial charge in [-0.3, -0.25) is 0 Å². The third-order valence-corrected chi connectivity index (χ3v) is 2.03. The van der Waals surface area contributed by atoms with Crippen LogP contribution >= 0.6 is 0 Å². The second kappa shape index (κ2) is 6.22. The van der Waals surface area contributed by atoms with E-state index in [1.54, 1.807) is 0 Å². The van der Waals surface area contributed by atoms with Crippen LogP contribution in [0.4, 0.5) is 0 Å². The molecule has 0 aliphatic carbocycles. The minimum Gasteiger partial charge on any atom is -0.334 e. The van der Waals surface area contributed by atoms with Gasteiger partial charge in [-0.2, -0.15) is 0 Å². The molecule has 0 bridgehead atoms. The van der Waals surface area contributed by atoms with Crippen LogP contribution in [-0.4, -0.2) is 22.6 Å². The molecular formula is C11H17N3. The van der Waals surface area contributed by atoms with Crippen molar-refractivity contribution in [1.82, 2.24) is 14.9 Å². The summed E-state index contributed by atoms with van der Waals surface area (Å²) in [5, 5.41) is 3.16. The molecule has 0 atom stereocenters. The fourth-order valence-corrected chi connectivity index (χ4v) is 1.36. The van der Waals surface area contributed by atoms with E-state index in [0.29, 0.717) is 6.54 Å². The third kappa shape index (κ3) is 3.23. The molecule has 0 saturated carbocycles. The van der Waals surface area contributed by atoms with Crippen LogP contribution in [0.3, 0.4) is 0 Å². The minimum atomic E-state index is 0.637. The van der Waals surface area contributed by atoms with Gasteiger partial charge in [0, 0.05) is 31.9 Å². The summed E-state index contributed by atoms with van der Waals surface area (Å²) >= 11 is 0. The van der Waals surface area contributed by atoms with E-state index in [2.05, 4.69) is 27.7 Å². The Hall–Kier alpha value is -1.27. The molecule has 0 fully saturated rings. The van der Waals surface area contributed by atoms with E-state index in [4.69, 9.17) is 6.42 Å². The van der Waals surface area contributed by atoms with Gasteiger partial charge in [-0.25, -0.2) is 4.98 Å². The van der Waals surface area contributed by atoms with Crippen molar-refractivity contribution in [2.24, 2.45) is 0 Å². The summed E-state index contributed by atoms with van der Waals surface area (Å²) in [5.41, 5.74) is 0. The van der Waals surface area contributed by atoms with E-state index in [9.17, 15) is 0 Å². The molecule has 3 heteroatoms. The second-order valence-corrected chi connectivity index (χ2v) is 3.17.